The molecule has 0 aliphatic heterocycles. The predicted octanol–water partition coefficient (Wildman–Crippen LogP) is 2.79. The Bertz CT molecular complexity index is 359. The molecule has 2 nitrogen and oxygen atoms in total. The number of methoxy groups -OCH3 is 1. The quantitative estimate of drug-likeness (QED) is 0.770. The summed E-state index contributed by atoms with van der Waals surface area (Å²) in [4.78, 5) is 11.0. The third-order valence-electron chi connectivity index (χ3n) is 2.08. The molecule has 0 unspecified atom stereocenters. The van der Waals surface area contributed by atoms with Crippen molar-refractivity contribution in [1.29, 1.82) is 0 Å². The Kier molecular flexibility index (Phi) is 3.53. The van der Waals surface area contributed by atoms with Gasteiger partial charge in [-0.25, -0.2) is 0 Å². The van der Waals surface area contributed by atoms with Crippen molar-refractivity contribution in [3.8, 4) is 5.75 Å². The first-order chi connectivity index (χ1) is 6.56. The van der Waals surface area contributed by atoms with E-state index in [1.165, 1.54) is 0 Å². The molecule has 0 saturated carbocycles. The second-order valence-corrected chi connectivity index (χ2v) is 3.66. The van der Waals surface area contributed by atoms with Crippen molar-refractivity contribution in [3.05, 3.63) is 28.3 Å². The minimum absolute atomic E-state index is 0.105. The van der Waals surface area contributed by atoms with Crippen LogP contribution in [0.15, 0.2) is 12.1 Å². The molecule has 0 heterocycles. The average Bonchev–Trinajstić information content (AvgIpc) is 2.11. The van der Waals surface area contributed by atoms with E-state index in [9.17, 15) is 4.79 Å². The fourth-order valence-electron chi connectivity index (χ4n) is 1.39. The fraction of sp³-hybridized carbons (Fsp3) is 0.364. The third-order valence-corrected chi connectivity index (χ3v) is 2.37. The zero-order chi connectivity index (χ0) is 10.7. The topological polar surface area (TPSA) is 26.3 Å². The van der Waals surface area contributed by atoms with E-state index in [1.54, 1.807) is 20.1 Å². The van der Waals surface area contributed by atoms with E-state index in [-0.39, 0.29) is 5.78 Å². The van der Waals surface area contributed by atoms with Gasteiger partial charge in [0.1, 0.15) is 11.5 Å². The van der Waals surface area contributed by atoms with Crippen LogP contribution in [0, 0.1) is 6.92 Å². The van der Waals surface area contributed by atoms with E-state index in [2.05, 4.69) is 0 Å². The lowest BCUT2D eigenvalue weighted by Gasteiger charge is -2.11. The summed E-state index contributed by atoms with van der Waals surface area (Å²) in [5, 5.41) is 0.550. The van der Waals surface area contributed by atoms with Gasteiger partial charge in [0.15, 0.2) is 0 Å². The summed E-state index contributed by atoms with van der Waals surface area (Å²) < 4.78 is 5.17. The van der Waals surface area contributed by atoms with Crippen molar-refractivity contribution >= 4 is 17.4 Å². The number of hydrogen-bond acceptors (Lipinski definition) is 2. The highest BCUT2D eigenvalue weighted by Gasteiger charge is 2.11. The SMILES string of the molecule is COc1c(Cl)ccc(C)c1CC(C)=O. The van der Waals surface area contributed by atoms with Crippen molar-refractivity contribution < 1.29 is 9.53 Å². The molecular formula is C11H13ClO2. The van der Waals surface area contributed by atoms with Crippen LogP contribution in [0.3, 0.4) is 0 Å². The summed E-state index contributed by atoms with van der Waals surface area (Å²) in [7, 11) is 1.56. The maximum atomic E-state index is 11.0. The lowest BCUT2D eigenvalue weighted by atomic mass is 10.0. The number of halogens is 1. The van der Waals surface area contributed by atoms with Crippen LogP contribution in [0.4, 0.5) is 0 Å². The molecule has 0 amide bonds. The first-order valence-electron chi connectivity index (χ1n) is 4.37. The van der Waals surface area contributed by atoms with Crippen LogP contribution in [0.25, 0.3) is 0 Å². The number of rotatable bonds is 3. The highest BCUT2D eigenvalue weighted by atomic mass is 35.5. The molecule has 0 aliphatic rings. The van der Waals surface area contributed by atoms with Crippen molar-refractivity contribution in [2.24, 2.45) is 0 Å². The zero-order valence-electron chi connectivity index (χ0n) is 8.56. The van der Waals surface area contributed by atoms with Gasteiger partial charge in [-0.2, -0.15) is 0 Å². The van der Waals surface area contributed by atoms with Crippen LogP contribution >= 0.6 is 11.6 Å². The highest BCUT2D eigenvalue weighted by Crippen LogP contribution is 2.31. The molecule has 0 saturated heterocycles. The van der Waals surface area contributed by atoms with Crippen molar-refractivity contribution in [2.45, 2.75) is 20.3 Å². The standard InChI is InChI=1S/C11H13ClO2/c1-7-4-5-10(12)11(14-3)9(7)6-8(2)13/h4-5H,6H2,1-3H3. The molecule has 0 aliphatic carbocycles. The first-order valence-corrected chi connectivity index (χ1v) is 4.75. The van der Waals surface area contributed by atoms with E-state index < -0.39 is 0 Å². The third kappa shape index (κ3) is 2.26. The summed E-state index contributed by atoms with van der Waals surface area (Å²) >= 11 is 5.95. The molecule has 76 valence electrons. The number of carbonyl (C=O) groups excluding carboxylic acids is 1. The lowest BCUT2D eigenvalue weighted by Crippen LogP contribution is -2.02. The average molecular weight is 213 g/mol. The second kappa shape index (κ2) is 4.47. The van der Waals surface area contributed by atoms with Crippen molar-refractivity contribution in [1.82, 2.24) is 0 Å². The summed E-state index contributed by atoms with van der Waals surface area (Å²) in [6.45, 7) is 3.50. The number of Topliss-reactive ketones (excluding diaryl/α,β-unsaturated/α-hetero) is 1. The molecular weight excluding hydrogens is 200 g/mol. The van der Waals surface area contributed by atoms with E-state index in [1.807, 2.05) is 13.0 Å². The van der Waals surface area contributed by atoms with Crippen LogP contribution in [-0.4, -0.2) is 12.9 Å². The first kappa shape index (κ1) is 11.1. The van der Waals surface area contributed by atoms with E-state index >= 15 is 0 Å². The molecule has 1 aromatic carbocycles. The number of ketones is 1. The van der Waals surface area contributed by atoms with Gasteiger partial charge >= 0.3 is 0 Å². The molecule has 0 bridgehead atoms. The van der Waals surface area contributed by atoms with Crippen molar-refractivity contribution in [2.75, 3.05) is 7.11 Å². The molecule has 0 aromatic heterocycles. The Hall–Kier alpha value is -1.02. The lowest BCUT2D eigenvalue weighted by molar-refractivity contribution is -0.116. The van der Waals surface area contributed by atoms with Gasteiger partial charge in [0.2, 0.25) is 0 Å². The molecule has 0 atom stereocenters. The van der Waals surface area contributed by atoms with Crippen LogP contribution in [0.2, 0.25) is 5.02 Å². The van der Waals surface area contributed by atoms with Gasteiger partial charge in [0, 0.05) is 12.0 Å². The molecule has 0 fully saturated rings. The number of hydrogen-bond donors (Lipinski definition) is 0. The van der Waals surface area contributed by atoms with Crippen LogP contribution in [0.1, 0.15) is 18.1 Å². The smallest absolute Gasteiger partial charge is 0.141 e. The van der Waals surface area contributed by atoms with Gasteiger partial charge < -0.3 is 4.74 Å². The Morgan fingerprint density at radius 3 is 2.64 bits per heavy atom. The summed E-state index contributed by atoms with van der Waals surface area (Å²) in [6.07, 6.45) is 0.371. The number of benzene rings is 1. The van der Waals surface area contributed by atoms with E-state index in [0.29, 0.717) is 17.2 Å². The summed E-state index contributed by atoms with van der Waals surface area (Å²) in [5.41, 5.74) is 1.91. The fourth-order valence-corrected chi connectivity index (χ4v) is 1.64. The van der Waals surface area contributed by atoms with Gasteiger partial charge in [-0.3, -0.25) is 4.79 Å². The minimum atomic E-state index is 0.105. The number of aryl methyl sites for hydroxylation is 1. The maximum absolute atomic E-state index is 11.0. The van der Waals surface area contributed by atoms with Crippen LogP contribution in [-0.2, 0) is 11.2 Å². The Morgan fingerprint density at radius 2 is 2.14 bits per heavy atom. The van der Waals surface area contributed by atoms with Gasteiger partial charge in [0.25, 0.3) is 0 Å². The number of carbonyl (C=O) groups is 1. The second-order valence-electron chi connectivity index (χ2n) is 3.25. The van der Waals surface area contributed by atoms with Gasteiger partial charge in [0.05, 0.1) is 12.1 Å². The molecule has 0 radical (unpaired) electrons. The Morgan fingerprint density at radius 1 is 1.50 bits per heavy atom. The summed E-state index contributed by atoms with van der Waals surface area (Å²) in [6, 6.07) is 3.67. The predicted molar refractivity (Wildman–Crippen MR) is 57.1 cm³/mol. The molecule has 0 N–H and O–H groups in total. The minimum Gasteiger partial charge on any atom is -0.495 e. The maximum Gasteiger partial charge on any atom is 0.141 e. The van der Waals surface area contributed by atoms with Crippen LogP contribution in [0.5, 0.6) is 5.75 Å². The van der Waals surface area contributed by atoms with E-state index in [0.717, 1.165) is 11.1 Å². The van der Waals surface area contributed by atoms with Crippen molar-refractivity contribution in [3.63, 3.8) is 0 Å². The van der Waals surface area contributed by atoms with Gasteiger partial charge in [-0.05, 0) is 25.5 Å². The molecule has 1 aromatic rings. The van der Waals surface area contributed by atoms with Crippen LogP contribution < -0.4 is 4.74 Å². The Labute approximate surface area is 88.8 Å². The molecule has 3 heteroatoms. The summed E-state index contributed by atoms with van der Waals surface area (Å²) in [5.74, 6) is 0.718. The largest absolute Gasteiger partial charge is 0.495 e. The zero-order valence-corrected chi connectivity index (χ0v) is 9.31. The number of ether oxygens (including phenoxy) is 1. The highest BCUT2D eigenvalue weighted by molar-refractivity contribution is 6.32. The molecule has 0 spiro atoms. The normalized spacial score (nSPS) is 10.0. The van der Waals surface area contributed by atoms with Gasteiger partial charge in [-0.15, -0.1) is 0 Å². The molecule has 14 heavy (non-hydrogen) atoms. The van der Waals surface area contributed by atoms with E-state index in [4.69, 9.17) is 16.3 Å². The molecule has 1 rings (SSSR count). The van der Waals surface area contributed by atoms with Gasteiger partial charge in [-0.1, -0.05) is 17.7 Å². The Balaban J connectivity index is 3.22. The monoisotopic (exact) mass is 212 g/mol.